The normalized spacial score (nSPS) is 12.4. The van der Waals surface area contributed by atoms with Gasteiger partial charge in [0, 0.05) is 26.2 Å². The van der Waals surface area contributed by atoms with Crippen molar-refractivity contribution in [1.82, 2.24) is 8.61 Å². The van der Waals surface area contributed by atoms with Gasteiger partial charge in [-0.15, -0.1) is 0 Å². The summed E-state index contributed by atoms with van der Waals surface area (Å²) in [6.45, 7) is 9.03. The van der Waals surface area contributed by atoms with Gasteiger partial charge >= 0.3 is 0 Å². The van der Waals surface area contributed by atoms with E-state index in [0.717, 1.165) is 10.4 Å². The van der Waals surface area contributed by atoms with E-state index in [9.17, 15) is 21.6 Å². The fourth-order valence-electron chi connectivity index (χ4n) is 2.63. The molecule has 0 radical (unpaired) electrons. The van der Waals surface area contributed by atoms with Crippen molar-refractivity contribution in [3.63, 3.8) is 0 Å². The fraction of sp³-hybridized carbons (Fsp3) is 0.562. The van der Waals surface area contributed by atoms with Crippen molar-refractivity contribution < 1.29 is 21.6 Å². The summed E-state index contributed by atoms with van der Waals surface area (Å²) in [5, 5.41) is 0. The zero-order valence-electron chi connectivity index (χ0n) is 15.7. The minimum Gasteiger partial charge on any atom is -0.211 e. The molecule has 10 heteroatoms. The number of sulfonamides is 2. The topological polar surface area (TPSA) is 104 Å². The fourth-order valence-corrected chi connectivity index (χ4v) is 6.39. The lowest BCUT2D eigenvalue weighted by atomic mass is 10.2. The lowest BCUT2D eigenvalue weighted by molar-refractivity contribution is 0.434. The van der Waals surface area contributed by atoms with E-state index in [1.165, 1.54) is 16.5 Å². The molecule has 0 bridgehead atoms. The molecule has 0 aliphatic heterocycles. The van der Waals surface area contributed by atoms with Gasteiger partial charge in [-0.2, -0.15) is 13.6 Å². The molecule has 1 rings (SSSR count). The Morgan fingerprint density at radius 2 is 1.23 bits per heavy atom. The monoisotopic (exact) mass is 403 g/mol. The third-order valence-corrected chi connectivity index (χ3v) is 8.38. The standard InChI is InChI=1S/C16H25N3O5S2/c1-6-18(7-2)25(21,22)15-10-13(5)14(17-12-20)11-16(15)26(23,24)19(8-3)9-4/h10-11H,6-9H2,1-5H3. The van der Waals surface area contributed by atoms with Crippen molar-refractivity contribution in [3.8, 4) is 0 Å². The molecule has 0 amide bonds. The van der Waals surface area contributed by atoms with Crippen LogP contribution in [0.5, 0.6) is 0 Å². The molecule has 0 spiro atoms. The number of carbonyl (C=O) groups excluding carboxylic acids is 1. The quantitative estimate of drug-likeness (QED) is 0.463. The molecule has 0 saturated heterocycles. The van der Waals surface area contributed by atoms with Crippen LogP contribution in [0.25, 0.3) is 0 Å². The van der Waals surface area contributed by atoms with E-state index < -0.39 is 20.0 Å². The van der Waals surface area contributed by atoms with Crippen molar-refractivity contribution >= 4 is 31.8 Å². The van der Waals surface area contributed by atoms with Gasteiger partial charge in [0.1, 0.15) is 9.79 Å². The van der Waals surface area contributed by atoms with Crippen LogP contribution in [0.3, 0.4) is 0 Å². The van der Waals surface area contributed by atoms with Crippen molar-refractivity contribution in [2.75, 3.05) is 26.2 Å². The summed E-state index contributed by atoms with van der Waals surface area (Å²) in [5.74, 6) is 0. The van der Waals surface area contributed by atoms with E-state index in [-0.39, 0.29) is 41.7 Å². The minimum absolute atomic E-state index is 0.0734. The first kappa shape index (κ1) is 22.5. The SMILES string of the molecule is CCN(CC)S(=O)(=O)c1cc(C)c(N=C=O)cc1S(=O)(=O)N(CC)CC. The molecule has 8 nitrogen and oxygen atoms in total. The number of isocyanates is 1. The van der Waals surface area contributed by atoms with Crippen molar-refractivity contribution in [2.45, 2.75) is 44.4 Å². The van der Waals surface area contributed by atoms with E-state index in [1.54, 1.807) is 34.6 Å². The van der Waals surface area contributed by atoms with E-state index >= 15 is 0 Å². The van der Waals surface area contributed by atoms with Crippen LogP contribution in [-0.2, 0) is 24.8 Å². The second kappa shape index (κ2) is 8.88. The number of hydrogen-bond acceptors (Lipinski definition) is 6. The van der Waals surface area contributed by atoms with Gasteiger partial charge < -0.3 is 0 Å². The first-order valence-corrected chi connectivity index (χ1v) is 11.2. The van der Waals surface area contributed by atoms with Crippen LogP contribution in [-0.4, -0.2) is 57.7 Å². The lowest BCUT2D eigenvalue weighted by Gasteiger charge is -2.24. The van der Waals surface area contributed by atoms with Gasteiger partial charge in [0.05, 0.1) is 5.69 Å². The molecule has 146 valence electrons. The largest absolute Gasteiger partial charge is 0.244 e. The molecule has 0 atom stereocenters. The van der Waals surface area contributed by atoms with E-state index in [4.69, 9.17) is 0 Å². The summed E-state index contributed by atoms with van der Waals surface area (Å²) < 4.78 is 54.4. The molecular weight excluding hydrogens is 378 g/mol. The third-order valence-electron chi connectivity index (χ3n) is 4.07. The predicted octanol–water partition coefficient (Wildman–Crippen LogP) is 2.02. The molecule has 0 N–H and O–H groups in total. The maximum absolute atomic E-state index is 13.0. The number of nitrogens with zero attached hydrogens (tertiary/aromatic N) is 3. The zero-order valence-corrected chi connectivity index (χ0v) is 17.3. The molecule has 1 aromatic rings. The smallest absolute Gasteiger partial charge is 0.211 e. The maximum atomic E-state index is 13.0. The van der Waals surface area contributed by atoms with Crippen molar-refractivity contribution in [3.05, 3.63) is 17.7 Å². The van der Waals surface area contributed by atoms with E-state index in [1.807, 2.05) is 0 Å². The number of aryl methyl sites for hydroxylation is 1. The Morgan fingerprint density at radius 1 is 0.846 bits per heavy atom. The highest BCUT2D eigenvalue weighted by molar-refractivity contribution is 7.92. The first-order valence-electron chi connectivity index (χ1n) is 8.34. The van der Waals surface area contributed by atoms with Gasteiger partial charge in [0.15, 0.2) is 0 Å². The lowest BCUT2D eigenvalue weighted by Crippen LogP contribution is -2.35. The van der Waals surface area contributed by atoms with Gasteiger partial charge in [0.25, 0.3) is 0 Å². The van der Waals surface area contributed by atoms with Crippen LogP contribution >= 0.6 is 0 Å². The van der Waals surface area contributed by atoms with Crippen molar-refractivity contribution in [2.24, 2.45) is 4.99 Å². The Hall–Kier alpha value is -1.58. The van der Waals surface area contributed by atoms with Gasteiger partial charge in [-0.3, -0.25) is 0 Å². The van der Waals surface area contributed by atoms with Crippen molar-refractivity contribution in [1.29, 1.82) is 0 Å². The van der Waals surface area contributed by atoms with Crippen LogP contribution in [0.15, 0.2) is 26.9 Å². The van der Waals surface area contributed by atoms with Crippen LogP contribution in [0.4, 0.5) is 5.69 Å². The molecule has 0 aliphatic rings. The highest BCUT2D eigenvalue weighted by atomic mass is 32.2. The summed E-state index contributed by atoms with van der Waals surface area (Å²) in [4.78, 5) is 13.4. The highest BCUT2D eigenvalue weighted by Gasteiger charge is 2.33. The minimum atomic E-state index is -4.08. The maximum Gasteiger partial charge on any atom is 0.244 e. The van der Waals surface area contributed by atoms with Crippen LogP contribution < -0.4 is 0 Å². The number of rotatable bonds is 9. The van der Waals surface area contributed by atoms with Gasteiger partial charge in [-0.25, -0.2) is 21.6 Å². The summed E-state index contributed by atoms with van der Waals surface area (Å²) in [6.07, 6.45) is 1.37. The summed E-state index contributed by atoms with van der Waals surface area (Å²) in [6, 6.07) is 2.38. The number of benzene rings is 1. The Kier molecular flexibility index (Phi) is 7.67. The molecule has 0 fully saturated rings. The highest BCUT2D eigenvalue weighted by Crippen LogP contribution is 2.33. The Balaban J connectivity index is 3.93. The predicted molar refractivity (Wildman–Crippen MR) is 99.2 cm³/mol. The molecular formula is C16H25N3O5S2. The third kappa shape index (κ3) is 4.21. The number of hydrogen-bond donors (Lipinski definition) is 0. The Morgan fingerprint density at radius 3 is 1.58 bits per heavy atom. The molecule has 0 aromatic heterocycles. The van der Waals surface area contributed by atoms with E-state index in [2.05, 4.69) is 4.99 Å². The molecule has 1 aromatic carbocycles. The zero-order chi connectivity index (χ0) is 20.1. The first-order chi connectivity index (χ1) is 12.1. The van der Waals surface area contributed by atoms with E-state index in [0.29, 0.717) is 5.56 Å². The van der Waals surface area contributed by atoms with Crippen LogP contribution in [0.1, 0.15) is 33.3 Å². The van der Waals surface area contributed by atoms with Crippen LogP contribution in [0, 0.1) is 6.92 Å². The molecule has 0 unspecified atom stereocenters. The Labute approximate surface area is 155 Å². The Bertz CT molecular complexity index is 896. The van der Waals surface area contributed by atoms with Gasteiger partial charge in [0.2, 0.25) is 26.1 Å². The molecule has 26 heavy (non-hydrogen) atoms. The average Bonchev–Trinajstić information content (AvgIpc) is 2.58. The molecule has 0 heterocycles. The average molecular weight is 404 g/mol. The summed E-state index contributed by atoms with van der Waals surface area (Å²) in [7, 11) is -8.12. The van der Waals surface area contributed by atoms with Gasteiger partial charge in [-0.05, 0) is 24.6 Å². The van der Waals surface area contributed by atoms with Crippen LogP contribution in [0.2, 0.25) is 0 Å². The second-order valence-corrected chi connectivity index (χ2v) is 9.28. The summed E-state index contributed by atoms with van der Waals surface area (Å²) in [5.41, 5.74) is 0.446. The molecule has 0 aliphatic carbocycles. The summed E-state index contributed by atoms with van der Waals surface area (Å²) >= 11 is 0. The second-order valence-electron chi connectivity index (χ2n) is 5.47. The number of aliphatic imine (C=N–C) groups is 1. The van der Waals surface area contributed by atoms with Gasteiger partial charge in [-0.1, -0.05) is 27.7 Å². The molecule has 0 saturated carbocycles.